The Labute approximate surface area is 196 Å². The summed E-state index contributed by atoms with van der Waals surface area (Å²) in [6.07, 6.45) is 4.74. The zero-order valence-electron chi connectivity index (χ0n) is 19.9. The lowest BCUT2D eigenvalue weighted by molar-refractivity contribution is -0.130. The highest BCUT2D eigenvalue weighted by molar-refractivity contribution is 6.09. The molecule has 1 heterocycles. The number of methoxy groups -OCH3 is 2. The molecule has 0 atom stereocenters. The molecule has 0 saturated carbocycles. The topological polar surface area (TPSA) is 92.3 Å². The molecule has 1 aliphatic rings. The molecule has 0 spiro atoms. The van der Waals surface area contributed by atoms with Gasteiger partial charge in [0.2, 0.25) is 11.8 Å². The van der Waals surface area contributed by atoms with Crippen molar-refractivity contribution in [2.24, 2.45) is 4.99 Å². The summed E-state index contributed by atoms with van der Waals surface area (Å²) >= 11 is 0. The van der Waals surface area contributed by atoms with Crippen LogP contribution in [0.3, 0.4) is 0 Å². The summed E-state index contributed by atoms with van der Waals surface area (Å²) in [6, 6.07) is 5.51. The van der Waals surface area contributed by atoms with Crippen LogP contribution in [-0.2, 0) is 9.59 Å². The lowest BCUT2D eigenvalue weighted by Gasteiger charge is -2.31. The molecule has 33 heavy (non-hydrogen) atoms. The maximum Gasteiger partial charge on any atom is 0.226 e. The highest BCUT2D eigenvalue weighted by Crippen LogP contribution is 2.28. The van der Waals surface area contributed by atoms with Gasteiger partial charge in [-0.2, -0.15) is 0 Å². The van der Waals surface area contributed by atoms with Crippen LogP contribution in [0, 0.1) is 0 Å². The zero-order chi connectivity index (χ0) is 24.4. The van der Waals surface area contributed by atoms with Crippen LogP contribution in [0.2, 0.25) is 0 Å². The number of benzene rings is 1. The summed E-state index contributed by atoms with van der Waals surface area (Å²) in [5.41, 5.74) is 2.66. The van der Waals surface area contributed by atoms with Gasteiger partial charge in [-0.25, -0.2) is 0 Å². The average Bonchev–Trinajstić information content (AvgIpc) is 2.81. The van der Waals surface area contributed by atoms with Crippen molar-refractivity contribution >= 4 is 17.5 Å². The molecule has 0 bridgehead atoms. The maximum absolute atomic E-state index is 12.8. The monoisotopic (exact) mass is 454 g/mol. The van der Waals surface area contributed by atoms with Gasteiger partial charge in [0.15, 0.2) is 11.5 Å². The van der Waals surface area contributed by atoms with Crippen molar-refractivity contribution in [3.8, 4) is 11.5 Å². The fourth-order valence-corrected chi connectivity index (χ4v) is 3.63. The number of piperidine rings is 1. The van der Waals surface area contributed by atoms with Crippen molar-refractivity contribution in [3.05, 3.63) is 60.6 Å². The summed E-state index contributed by atoms with van der Waals surface area (Å²) in [4.78, 5) is 30.9. The first kappa shape index (κ1) is 25.7. The van der Waals surface area contributed by atoms with E-state index in [2.05, 4.69) is 23.8 Å². The Balaban J connectivity index is 2.22. The molecule has 0 aliphatic carbocycles. The number of allylic oxidation sites excluding steroid dienone is 2. The molecule has 8 nitrogen and oxygen atoms in total. The fourth-order valence-electron chi connectivity index (χ4n) is 3.63. The number of ether oxygens (including phenoxy) is 2. The van der Waals surface area contributed by atoms with Crippen molar-refractivity contribution in [2.45, 2.75) is 39.2 Å². The van der Waals surface area contributed by atoms with Crippen LogP contribution < -0.4 is 20.1 Å². The molecule has 1 fully saturated rings. The first-order valence-electron chi connectivity index (χ1n) is 10.9. The van der Waals surface area contributed by atoms with E-state index in [-0.39, 0.29) is 24.3 Å². The first-order valence-corrected chi connectivity index (χ1v) is 10.9. The lowest BCUT2D eigenvalue weighted by atomic mass is 10.0. The van der Waals surface area contributed by atoms with E-state index in [1.54, 1.807) is 44.4 Å². The third-order valence-corrected chi connectivity index (χ3v) is 5.51. The molecule has 178 valence electrons. The van der Waals surface area contributed by atoms with E-state index in [9.17, 15) is 9.59 Å². The number of likely N-dealkylation sites (tertiary alicyclic amines) is 1. The van der Waals surface area contributed by atoms with E-state index in [1.807, 2.05) is 19.1 Å². The van der Waals surface area contributed by atoms with Crippen LogP contribution in [0.5, 0.6) is 11.5 Å². The molecule has 2 N–H and O–H groups in total. The van der Waals surface area contributed by atoms with Crippen molar-refractivity contribution in [2.75, 3.05) is 27.3 Å². The van der Waals surface area contributed by atoms with Crippen LogP contribution in [0.25, 0.3) is 0 Å². The zero-order valence-corrected chi connectivity index (χ0v) is 19.9. The largest absolute Gasteiger partial charge is 0.493 e. The second kappa shape index (κ2) is 12.5. The predicted molar refractivity (Wildman–Crippen MR) is 130 cm³/mol. The summed E-state index contributed by atoms with van der Waals surface area (Å²) in [7, 11) is 3.15. The minimum absolute atomic E-state index is 0.0377. The summed E-state index contributed by atoms with van der Waals surface area (Å²) in [5, 5.41) is 6.10. The Bertz CT molecular complexity index is 944. The molecule has 2 rings (SSSR count). The third-order valence-electron chi connectivity index (χ3n) is 5.51. The number of nitrogens with zero attached hydrogens (tertiary/aromatic N) is 2. The maximum atomic E-state index is 12.8. The Morgan fingerprint density at radius 1 is 1.15 bits per heavy atom. The van der Waals surface area contributed by atoms with Gasteiger partial charge in [0.25, 0.3) is 0 Å². The Morgan fingerprint density at radius 3 is 2.36 bits per heavy atom. The normalized spacial score (nSPS) is 15.3. The molecule has 0 radical (unpaired) electrons. The molecule has 1 aromatic carbocycles. The summed E-state index contributed by atoms with van der Waals surface area (Å²) < 4.78 is 10.7. The number of carbonyl (C=O) groups excluding carboxylic acids is 2. The minimum Gasteiger partial charge on any atom is -0.493 e. The smallest absolute Gasteiger partial charge is 0.226 e. The number of hydrogen-bond acceptors (Lipinski definition) is 6. The van der Waals surface area contributed by atoms with Gasteiger partial charge in [-0.1, -0.05) is 13.2 Å². The Hall–Kier alpha value is -3.55. The molecule has 1 aromatic rings. The molecule has 1 saturated heterocycles. The van der Waals surface area contributed by atoms with Gasteiger partial charge in [-0.3, -0.25) is 14.6 Å². The Morgan fingerprint density at radius 2 is 1.82 bits per heavy atom. The number of aliphatic imine (C=N–C) groups is 1. The SMILES string of the molecule is C=CN/C(C)=C(\CC(=O)NC1CCN(C(C)=O)CC1)N=C(C=C)c1ccc(OC)c(OC)c1. The standard InChI is InChI=1S/C25H34N4O4/c1-7-21(19-9-10-23(32-5)24(15-19)33-6)28-22(17(3)26-8-2)16-25(31)27-20-11-13-29(14-12-20)18(4)30/h7-10,15,20,26H,1-2,11-14,16H2,3-6H3,(H,27,31)/b22-17+,28-21?. The highest BCUT2D eigenvalue weighted by atomic mass is 16.5. The lowest BCUT2D eigenvalue weighted by Crippen LogP contribution is -2.46. The van der Waals surface area contributed by atoms with Crippen LogP contribution in [0.15, 0.2) is 60.0 Å². The van der Waals surface area contributed by atoms with E-state index >= 15 is 0 Å². The fraction of sp³-hybridized carbons (Fsp3) is 0.400. The van der Waals surface area contributed by atoms with Crippen molar-refractivity contribution in [1.29, 1.82) is 0 Å². The highest BCUT2D eigenvalue weighted by Gasteiger charge is 2.22. The van der Waals surface area contributed by atoms with Gasteiger partial charge in [-0.15, -0.1) is 0 Å². The quantitative estimate of drug-likeness (QED) is 0.530. The first-order chi connectivity index (χ1) is 15.8. The third kappa shape index (κ3) is 7.24. The number of hydrogen-bond donors (Lipinski definition) is 2. The van der Waals surface area contributed by atoms with Crippen LogP contribution >= 0.6 is 0 Å². The van der Waals surface area contributed by atoms with Crippen molar-refractivity contribution < 1.29 is 19.1 Å². The molecule has 8 heteroatoms. The van der Waals surface area contributed by atoms with Gasteiger partial charge in [0.1, 0.15) is 0 Å². The van der Waals surface area contributed by atoms with E-state index in [0.29, 0.717) is 41.7 Å². The summed E-state index contributed by atoms with van der Waals surface area (Å²) in [6.45, 7) is 12.3. The van der Waals surface area contributed by atoms with E-state index in [0.717, 1.165) is 18.4 Å². The molecule has 1 aliphatic heterocycles. The molecule has 0 aromatic heterocycles. The number of nitrogens with one attached hydrogen (secondary N) is 2. The van der Waals surface area contributed by atoms with Crippen LogP contribution in [0.1, 0.15) is 38.7 Å². The second-order valence-corrected chi connectivity index (χ2v) is 7.72. The number of carbonyl (C=O) groups is 2. The Kier molecular flexibility index (Phi) is 9.72. The average molecular weight is 455 g/mol. The van der Waals surface area contributed by atoms with Gasteiger partial charge in [0, 0.05) is 37.3 Å². The summed E-state index contributed by atoms with van der Waals surface area (Å²) in [5.74, 6) is 1.12. The van der Waals surface area contributed by atoms with Crippen LogP contribution in [-0.4, -0.2) is 55.8 Å². The van der Waals surface area contributed by atoms with E-state index < -0.39 is 0 Å². The second-order valence-electron chi connectivity index (χ2n) is 7.72. The molecular formula is C25H34N4O4. The van der Waals surface area contributed by atoms with E-state index in [1.165, 1.54) is 0 Å². The van der Waals surface area contributed by atoms with Gasteiger partial charge >= 0.3 is 0 Å². The number of amides is 2. The predicted octanol–water partition coefficient (Wildman–Crippen LogP) is 3.16. The van der Waals surface area contributed by atoms with Crippen molar-refractivity contribution in [1.82, 2.24) is 15.5 Å². The van der Waals surface area contributed by atoms with E-state index in [4.69, 9.17) is 14.5 Å². The molecular weight excluding hydrogens is 420 g/mol. The van der Waals surface area contributed by atoms with Crippen molar-refractivity contribution in [3.63, 3.8) is 0 Å². The molecule has 0 unspecified atom stereocenters. The van der Waals surface area contributed by atoms with Gasteiger partial charge < -0.3 is 25.0 Å². The molecule has 2 amide bonds. The number of rotatable bonds is 10. The van der Waals surface area contributed by atoms with Gasteiger partial charge in [0.05, 0.1) is 32.0 Å². The van der Waals surface area contributed by atoms with Gasteiger partial charge in [-0.05, 0) is 50.2 Å². The van der Waals surface area contributed by atoms with Crippen LogP contribution in [0.4, 0.5) is 0 Å². The minimum atomic E-state index is -0.129.